The highest BCUT2D eigenvalue weighted by Gasteiger charge is 2.27. The Balaban J connectivity index is 1.45. The molecule has 4 aromatic carbocycles. The first-order valence-corrected chi connectivity index (χ1v) is 14.0. The molecule has 0 bridgehead atoms. The zero-order chi connectivity index (χ0) is 26.3. The second kappa shape index (κ2) is 12.1. The third kappa shape index (κ3) is 6.61. The number of nitrogens with zero attached hydrogens (tertiary/aromatic N) is 1. The van der Waals surface area contributed by atoms with Crippen LogP contribution < -0.4 is 19.1 Å². The number of halogens is 1. The number of sulfonamides is 1. The summed E-state index contributed by atoms with van der Waals surface area (Å²) >= 11 is 3.32. The predicted octanol–water partition coefficient (Wildman–Crippen LogP) is 5.39. The Kier molecular flexibility index (Phi) is 8.68. The number of amides is 1. The van der Waals surface area contributed by atoms with E-state index >= 15 is 0 Å². The van der Waals surface area contributed by atoms with Gasteiger partial charge in [0.05, 0.1) is 23.7 Å². The van der Waals surface area contributed by atoms with Crippen LogP contribution in [-0.4, -0.2) is 40.6 Å². The average molecular weight is 584 g/mol. The molecule has 4 aromatic rings. The van der Waals surface area contributed by atoms with E-state index in [1.165, 1.54) is 12.1 Å². The average Bonchev–Trinajstić information content (AvgIpc) is 2.91. The maximum Gasteiger partial charge on any atom is 0.264 e. The topological polar surface area (TPSA) is 84.9 Å². The zero-order valence-corrected chi connectivity index (χ0v) is 22.7. The standard InChI is InChI=1S/C28H27BrN2O5S/c1-2-35-24-14-12-23(13-15-24)31(37(33,34)25-16-10-22(29)11-17-25)20-28(32)30-18-19-36-27-9-5-7-21-6-3-4-8-26(21)27/h3-17H,2,18-20H2,1H3,(H,30,32). The van der Waals surface area contributed by atoms with Crippen LogP contribution in [0.4, 0.5) is 5.69 Å². The lowest BCUT2D eigenvalue weighted by atomic mass is 10.1. The number of rotatable bonds is 11. The summed E-state index contributed by atoms with van der Waals surface area (Å²) in [5, 5.41) is 4.81. The molecule has 4 rings (SSSR count). The molecule has 0 saturated heterocycles. The number of nitrogens with one attached hydrogen (secondary N) is 1. The zero-order valence-electron chi connectivity index (χ0n) is 20.3. The minimum Gasteiger partial charge on any atom is -0.494 e. The second-order valence-electron chi connectivity index (χ2n) is 8.07. The van der Waals surface area contributed by atoms with Crippen molar-refractivity contribution in [2.45, 2.75) is 11.8 Å². The van der Waals surface area contributed by atoms with Gasteiger partial charge in [0.2, 0.25) is 5.91 Å². The first kappa shape index (κ1) is 26.5. The van der Waals surface area contributed by atoms with Crippen LogP contribution in [0.2, 0.25) is 0 Å². The predicted molar refractivity (Wildman–Crippen MR) is 149 cm³/mol. The van der Waals surface area contributed by atoms with Gasteiger partial charge in [-0.1, -0.05) is 52.3 Å². The van der Waals surface area contributed by atoms with Crippen LogP contribution in [0, 0.1) is 0 Å². The minimum atomic E-state index is -4.01. The first-order valence-electron chi connectivity index (χ1n) is 11.8. The third-order valence-corrected chi connectivity index (χ3v) is 7.87. The molecule has 0 aromatic heterocycles. The SMILES string of the molecule is CCOc1ccc(N(CC(=O)NCCOc2cccc3ccccc23)S(=O)(=O)c2ccc(Br)cc2)cc1. The van der Waals surface area contributed by atoms with Gasteiger partial charge in [-0.25, -0.2) is 8.42 Å². The molecule has 0 fully saturated rings. The van der Waals surface area contributed by atoms with Crippen molar-refractivity contribution in [3.63, 3.8) is 0 Å². The quantitative estimate of drug-likeness (QED) is 0.240. The molecule has 0 aliphatic heterocycles. The lowest BCUT2D eigenvalue weighted by Gasteiger charge is -2.24. The van der Waals surface area contributed by atoms with Crippen molar-refractivity contribution in [2.24, 2.45) is 0 Å². The third-order valence-electron chi connectivity index (χ3n) is 5.56. The molecule has 1 amide bonds. The molecule has 0 aliphatic rings. The minimum absolute atomic E-state index is 0.0803. The van der Waals surface area contributed by atoms with Crippen molar-refractivity contribution < 1.29 is 22.7 Å². The van der Waals surface area contributed by atoms with Crippen LogP contribution in [0.1, 0.15) is 6.92 Å². The fraction of sp³-hybridized carbons (Fsp3) is 0.179. The highest BCUT2D eigenvalue weighted by molar-refractivity contribution is 9.10. The van der Waals surface area contributed by atoms with Crippen LogP contribution in [0.25, 0.3) is 10.8 Å². The molecule has 192 valence electrons. The molecule has 0 aliphatic carbocycles. The molecule has 0 radical (unpaired) electrons. The Morgan fingerprint density at radius 2 is 1.59 bits per heavy atom. The van der Waals surface area contributed by atoms with Crippen LogP contribution in [0.3, 0.4) is 0 Å². The van der Waals surface area contributed by atoms with Gasteiger partial charge in [-0.3, -0.25) is 9.10 Å². The molecular formula is C28H27BrN2O5S. The fourth-order valence-electron chi connectivity index (χ4n) is 3.78. The van der Waals surface area contributed by atoms with E-state index in [1.54, 1.807) is 36.4 Å². The van der Waals surface area contributed by atoms with Crippen LogP contribution in [0.15, 0.2) is 100 Å². The summed E-state index contributed by atoms with van der Waals surface area (Å²) in [4.78, 5) is 12.9. The number of carbonyl (C=O) groups excluding carboxylic acids is 1. The molecule has 0 atom stereocenters. The van der Waals surface area contributed by atoms with E-state index in [2.05, 4.69) is 21.2 Å². The summed E-state index contributed by atoms with van der Waals surface area (Å²) in [5.74, 6) is 0.888. The van der Waals surface area contributed by atoms with Gasteiger partial charge in [0.1, 0.15) is 24.7 Å². The Bertz CT molecular complexity index is 1450. The summed E-state index contributed by atoms with van der Waals surface area (Å²) in [6.07, 6.45) is 0. The normalized spacial score (nSPS) is 11.2. The highest BCUT2D eigenvalue weighted by Crippen LogP contribution is 2.27. The smallest absolute Gasteiger partial charge is 0.264 e. The lowest BCUT2D eigenvalue weighted by Crippen LogP contribution is -2.41. The van der Waals surface area contributed by atoms with Gasteiger partial charge in [0.15, 0.2) is 0 Å². The van der Waals surface area contributed by atoms with Gasteiger partial charge in [-0.05, 0) is 66.9 Å². The molecule has 7 nitrogen and oxygen atoms in total. The first-order chi connectivity index (χ1) is 17.9. The molecule has 0 unspecified atom stereocenters. The number of hydrogen-bond acceptors (Lipinski definition) is 5. The lowest BCUT2D eigenvalue weighted by molar-refractivity contribution is -0.119. The maximum atomic E-state index is 13.5. The highest BCUT2D eigenvalue weighted by atomic mass is 79.9. The van der Waals surface area contributed by atoms with Gasteiger partial charge >= 0.3 is 0 Å². The van der Waals surface area contributed by atoms with E-state index in [0.717, 1.165) is 25.3 Å². The van der Waals surface area contributed by atoms with Gasteiger partial charge in [-0.15, -0.1) is 0 Å². The van der Waals surface area contributed by atoms with Gasteiger partial charge in [0, 0.05) is 9.86 Å². The van der Waals surface area contributed by atoms with Crippen LogP contribution in [-0.2, 0) is 14.8 Å². The molecule has 37 heavy (non-hydrogen) atoms. The number of carbonyl (C=O) groups is 1. The van der Waals surface area contributed by atoms with E-state index in [0.29, 0.717) is 18.0 Å². The van der Waals surface area contributed by atoms with E-state index in [4.69, 9.17) is 9.47 Å². The van der Waals surface area contributed by atoms with E-state index < -0.39 is 15.9 Å². The second-order valence-corrected chi connectivity index (χ2v) is 10.8. The van der Waals surface area contributed by atoms with Crippen molar-refractivity contribution in [1.29, 1.82) is 0 Å². The van der Waals surface area contributed by atoms with Crippen molar-refractivity contribution in [1.82, 2.24) is 5.32 Å². The molecule has 9 heteroatoms. The summed E-state index contributed by atoms with van der Waals surface area (Å²) in [6, 6.07) is 26.6. The molecule has 0 heterocycles. The van der Waals surface area contributed by atoms with Crippen molar-refractivity contribution in [3.05, 3.63) is 95.5 Å². The van der Waals surface area contributed by atoms with Crippen molar-refractivity contribution in [3.8, 4) is 11.5 Å². The summed E-state index contributed by atoms with van der Waals surface area (Å²) in [7, 11) is -4.01. The van der Waals surface area contributed by atoms with E-state index in [-0.39, 0.29) is 24.6 Å². The summed E-state index contributed by atoms with van der Waals surface area (Å²) < 4.78 is 40.2. The Hall–Kier alpha value is -3.56. The van der Waals surface area contributed by atoms with E-state index in [9.17, 15) is 13.2 Å². The monoisotopic (exact) mass is 582 g/mol. The maximum absolute atomic E-state index is 13.5. The number of fused-ring (bicyclic) bond motifs is 1. The summed E-state index contributed by atoms with van der Waals surface area (Å²) in [5.41, 5.74) is 0.355. The number of ether oxygens (including phenoxy) is 2. The fourth-order valence-corrected chi connectivity index (χ4v) is 5.47. The summed E-state index contributed by atoms with van der Waals surface area (Å²) in [6.45, 7) is 2.43. The Morgan fingerprint density at radius 3 is 2.32 bits per heavy atom. The Labute approximate surface area is 225 Å². The Morgan fingerprint density at radius 1 is 0.892 bits per heavy atom. The molecular weight excluding hydrogens is 556 g/mol. The van der Waals surface area contributed by atoms with Crippen molar-refractivity contribution in [2.75, 3.05) is 30.6 Å². The largest absolute Gasteiger partial charge is 0.494 e. The van der Waals surface area contributed by atoms with Gasteiger partial charge in [-0.2, -0.15) is 0 Å². The molecule has 0 saturated carbocycles. The van der Waals surface area contributed by atoms with Crippen LogP contribution in [0.5, 0.6) is 11.5 Å². The number of benzene rings is 4. The van der Waals surface area contributed by atoms with Gasteiger partial charge < -0.3 is 14.8 Å². The number of anilines is 1. The van der Waals surface area contributed by atoms with Crippen LogP contribution >= 0.6 is 15.9 Å². The molecule has 1 N–H and O–H groups in total. The number of hydrogen-bond donors (Lipinski definition) is 1. The van der Waals surface area contributed by atoms with Gasteiger partial charge in [0.25, 0.3) is 10.0 Å². The van der Waals surface area contributed by atoms with Crippen molar-refractivity contribution >= 4 is 48.3 Å². The molecule has 0 spiro atoms. The van der Waals surface area contributed by atoms with E-state index in [1.807, 2.05) is 49.4 Å².